The molecule has 2 heterocycles. The Morgan fingerprint density at radius 3 is 2.03 bits per heavy atom. The van der Waals surface area contributed by atoms with Crippen LogP contribution in [0.2, 0.25) is 0 Å². The summed E-state index contributed by atoms with van der Waals surface area (Å²) in [5, 5.41) is 0. The second-order valence-electron chi connectivity index (χ2n) is 10.4. The summed E-state index contributed by atoms with van der Waals surface area (Å²) in [6.07, 6.45) is 9.74. The van der Waals surface area contributed by atoms with Crippen molar-refractivity contribution in [2.75, 3.05) is 32.7 Å². The van der Waals surface area contributed by atoms with Gasteiger partial charge in [0.1, 0.15) is 0 Å². The van der Waals surface area contributed by atoms with Crippen LogP contribution in [0.15, 0.2) is 72.4 Å². The molecule has 2 aromatic carbocycles. The number of allylic oxidation sites excluding steroid dienone is 2. The molecule has 190 valence electrons. The smallest absolute Gasteiger partial charge is 0.226 e. The number of rotatable bonds is 7. The van der Waals surface area contributed by atoms with Crippen LogP contribution < -0.4 is 0 Å². The van der Waals surface area contributed by atoms with E-state index in [1.807, 2.05) is 9.80 Å². The number of nitrogens with zero attached hydrogens (tertiary/aromatic N) is 3. The van der Waals surface area contributed by atoms with E-state index in [2.05, 4.69) is 71.6 Å². The Morgan fingerprint density at radius 1 is 0.750 bits per heavy atom. The summed E-state index contributed by atoms with van der Waals surface area (Å²) in [5.74, 6) is 0.968. The van der Waals surface area contributed by atoms with Gasteiger partial charge in [0.15, 0.2) is 0 Å². The van der Waals surface area contributed by atoms with Gasteiger partial charge in [-0.2, -0.15) is 0 Å². The molecule has 1 atom stereocenters. The maximum Gasteiger partial charge on any atom is 0.226 e. The predicted octanol–water partition coefficient (Wildman–Crippen LogP) is 5.40. The van der Waals surface area contributed by atoms with Gasteiger partial charge in [0.05, 0.1) is 6.04 Å². The van der Waals surface area contributed by atoms with Crippen molar-refractivity contribution in [2.24, 2.45) is 5.92 Å². The molecule has 2 aromatic rings. The molecule has 5 heteroatoms. The van der Waals surface area contributed by atoms with E-state index in [0.29, 0.717) is 25.2 Å². The molecule has 1 aliphatic carbocycles. The number of carbonyl (C=O) groups excluding carboxylic acids is 2. The van der Waals surface area contributed by atoms with Gasteiger partial charge in [-0.3, -0.25) is 14.5 Å². The Labute approximate surface area is 215 Å². The van der Waals surface area contributed by atoms with E-state index in [-0.39, 0.29) is 17.9 Å². The van der Waals surface area contributed by atoms with Crippen LogP contribution in [0.1, 0.15) is 68.5 Å². The van der Waals surface area contributed by atoms with Gasteiger partial charge in [-0.25, -0.2) is 0 Å². The van der Waals surface area contributed by atoms with Gasteiger partial charge in [0, 0.05) is 51.3 Å². The van der Waals surface area contributed by atoms with Gasteiger partial charge in [-0.15, -0.1) is 0 Å². The number of piperidine rings is 1. The standard InChI is InChI=1S/C31H39N3O2/c35-29(18-9-19-30(36)34-20-10-16-25-11-7-8-17-28(25)34)32-21-23-33(24-22-32)31(26-12-3-1-4-13-26)27-14-5-2-6-15-27/h1-6,12-15,17,25,31H,7-11,16,18-24H2. The third-order valence-corrected chi connectivity index (χ3v) is 8.12. The van der Waals surface area contributed by atoms with Crippen LogP contribution in [-0.4, -0.2) is 59.2 Å². The number of likely N-dealkylation sites (tertiary alicyclic amines) is 1. The summed E-state index contributed by atoms with van der Waals surface area (Å²) >= 11 is 0. The lowest BCUT2D eigenvalue weighted by Gasteiger charge is -2.40. The zero-order valence-corrected chi connectivity index (χ0v) is 21.4. The Bertz CT molecular complexity index is 1000. The van der Waals surface area contributed by atoms with Crippen molar-refractivity contribution in [1.29, 1.82) is 0 Å². The Kier molecular flexibility index (Phi) is 8.17. The maximum absolute atomic E-state index is 13.0. The van der Waals surface area contributed by atoms with E-state index in [1.54, 1.807) is 0 Å². The van der Waals surface area contributed by atoms with Gasteiger partial charge in [-0.05, 0) is 55.6 Å². The predicted molar refractivity (Wildman–Crippen MR) is 143 cm³/mol. The molecule has 2 fully saturated rings. The highest BCUT2D eigenvalue weighted by molar-refractivity contribution is 5.80. The van der Waals surface area contributed by atoms with Crippen LogP contribution in [0.4, 0.5) is 0 Å². The highest BCUT2D eigenvalue weighted by Gasteiger charge is 2.31. The van der Waals surface area contributed by atoms with Gasteiger partial charge in [0.25, 0.3) is 0 Å². The summed E-state index contributed by atoms with van der Waals surface area (Å²) in [7, 11) is 0. The molecule has 0 N–H and O–H groups in total. The Morgan fingerprint density at radius 2 is 1.36 bits per heavy atom. The zero-order chi connectivity index (χ0) is 24.7. The number of hydrogen-bond acceptors (Lipinski definition) is 3. The quantitative estimate of drug-likeness (QED) is 0.528. The fraction of sp³-hybridized carbons (Fsp3) is 0.484. The molecule has 0 radical (unpaired) electrons. The number of amides is 2. The van der Waals surface area contributed by atoms with Crippen LogP contribution in [0.25, 0.3) is 0 Å². The molecule has 0 bridgehead atoms. The van der Waals surface area contributed by atoms with E-state index in [0.717, 1.165) is 45.6 Å². The van der Waals surface area contributed by atoms with E-state index < -0.39 is 0 Å². The molecule has 0 spiro atoms. The molecule has 5 nitrogen and oxygen atoms in total. The summed E-state index contributed by atoms with van der Waals surface area (Å²) in [6.45, 7) is 4.03. The molecule has 36 heavy (non-hydrogen) atoms. The molecule has 0 aromatic heterocycles. The summed E-state index contributed by atoms with van der Waals surface area (Å²) in [4.78, 5) is 32.4. The molecular weight excluding hydrogens is 446 g/mol. The number of fused-ring (bicyclic) bond motifs is 1. The monoisotopic (exact) mass is 485 g/mol. The fourth-order valence-corrected chi connectivity index (χ4v) is 6.24. The van der Waals surface area contributed by atoms with Crippen LogP contribution in [-0.2, 0) is 9.59 Å². The van der Waals surface area contributed by atoms with Crippen molar-refractivity contribution in [3.05, 3.63) is 83.6 Å². The topological polar surface area (TPSA) is 43.9 Å². The highest BCUT2D eigenvalue weighted by atomic mass is 16.2. The lowest BCUT2D eigenvalue weighted by atomic mass is 9.85. The van der Waals surface area contributed by atoms with E-state index in [4.69, 9.17) is 0 Å². The molecule has 1 unspecified atom stereocenters. The Balaban J connectivity index is 1.12. The van der Waals surface area contributed by atoms with Crippen LogP contribution >= 0.6 is 0 Å². The highest BCUT2D eigenvalue weighted by Crippen LogP contribution is 2.35. The minimum atomic E-state index is 0.187. The number of benzene rings is 2. The first-order valence-electron chi connectivity index (χ1n) is 13.8. The minimum Gasteiger partial charge on any atom is -0.340 e. The molecule has 0 saturated carbocycles. The first-order valence-corrected chi connectivity index (χ1v) is 13.8. The molecule has 2 aliphatic heterocycles. The largest absolute Gasteiger partial charge is 0.340 e. The van der Waals surface area contributed by atoms with Gasteiger partial charge in [0.2, 0.25) is 11.8 Å². The van der Waals surface area contributed by atoms with Crippen molar-refractivity contribution in [2.45, 2.75) is 57.4 Å². The van der Waals surface area contributed by atoms with Gasteiger partial charge in [-0.1, -0.05) is 66.7 Å². The molecule has 2 amide bonds. The maximum atomic E-state index is 13.0. The summed E-state index contributed by atoms with van der Waals surface area (Å²) in [5.41, 5.74) is 3.84. The third kappa shape index (κ3) is 5.73. The normalized spacial score (nSPS) is 20.7. The minimum absolute atomic E-state index is 0.187. The zero-order valence-electron chi connectivity index (χ0n) is 21.4. The second kappa shape index (κ2) is 11.9. The average Bonchev–Trinajstić information content (AvgIpc) is 2.94. The summed E-state index contributed by atoms with van der Waals surface area (Å²) in [6, 6.07) is 21.5. The fourth-order valence-electron chi connectivity index (χ4n) is 6.24. The lowest BCUT2D eigenvalue weighted by molar-refractivity contribution is -0.134. The molecule has 5 rings (SSSR count). The van der Waals surface area contributed by atoms with Gasteiger partial charge < -0.3 is 9.80 Å². The van der Waals surface area contributed by atoms with Crippen LogP contribution in [0, 0.1) is 5.92 Å². The van der Waals surface area contributed by atoms with E-state index in [9.17, 15) is 9.59 Å². The van der Waals surface area contributed by atoms with Crippen LogP contribution in [0.3, 0.4) is 0 Å². The van der Waals surface area contributed by atoms with Gasteiger partial charge >= 0.3 is 0 Å². The van der Waals surface area contributed by atoms with Crippen molar-refractivity contribution in [1.82, 2.24) is 14.7 Å². The van der Waals surface area contributed by atoms with Crippen molar-refractivity contribution < 1.29 is 9.59 Å². The van der Waals surface area contributed by atoms with Crippen molar-refractivity contribution >= 4 is 11.8 Å². The molecule has 3 aliphatic rings. The average molecular weight is 486 g/mol. The Hall–Kier alpha value is -2.92. The first-order chi connectivity index (χ1) is 17.7. The SMILES string of the molecule is O=C(CCCC(=O)N1CCCC2CCCC=C21)N1CCN(C(c2ccccc2)c2ccccc2)CC1. The second-order valence-corrected chi connectivity index (χ2v) is 10.4. The summed E-state index contributed by atoms with van der Waals surface area (Å²) < 4.78 is 0. The van der Waals surface area contributed by atoms with Crippen LogP contribution in [0.5, 0.6) is 0 Å². The number of hydrogen-bond donors (Lipinski definition) is 0. The molecule has 2 saturated heterocycles. The molecular formula is C31H39N3O2. The number of piperazine rings is 1. The van der Waals surface area contributed by atoms with E-state index in [1.165, 1.54) is 36.1 Å². The first kappa shape index (κ1) is 24.8. The number of carbonyl (C=O) groups is 2. The third-order valence-electron chi connectivity index (χ3n) is 8.12. The van der Waals surface area contributed by atoms with E-state index >= 15 is 0 Å². The lowest BCUT2D eigenvalue weighted by Crippen LogP contribution is -2.49. The van der Waals surface area contributed by atoms with Crippen molar-refractivity contribution in [3.63, 3.8) is 0 Å². The van der Waals surface area contributed by atoms with Crippen molar-refractivity contribution in [3.8, 4) is 0 Å².